The molecule has 0 saturated heterocycles. The van der Waals surface area contributed by atoms with Crippen molar-refractivity contribution >= 4 is 17.3 Å². The Morgan fingerprint density at radius 2 is 2.12 bits per heavy atom. The zero-order valence-electron chi connectivity index (χ0n) is 13.3. The second-order valence-electron chi connectivity index (χ2n) is 5.02. The number of carbonyl (C=O) groups excluding carboxylic acids is 1. The lowest BCUT2D eigenvalue weighted by atomic mass is 10.1. The molecule has 2 aromatic carbocycles. The van der Waals surface area contributed by atoms with Gasteiger partial charge in [-0.15, -0.1) is 5.10 Å². The van der Waals surface area contributed by atoms with Gasteiger partial charge in [-0.2, -0.15) is 0 Å². The molecule has 11 heteroatoms. The molecule has 0 atom stereocenters. The van der Waals surface area contributed by atoms with Gasteiger partial charge in [0.05, 0.1) is 23.4 Å². The van der Waals surface area contributed by atoms with Crippen LogP contribution in [0.15, 0.2) is 42.7 Å². The minimum absolute atomic E-state index is 0.0124. The molecule has 3 aromatic rings. The number of rotatable bonds is 5. The molecule has 1 aromatic heterocycles. The Hall–Kier alpha value is -3.89. The first-order chi connectivity index (χ1) is 12.5. The lowest BCUT2D eigenvalue weighted by Crippen LogP contribution is -2.14. The molecule has 0 radical (unpaired) electrons. The Kier molecular flexibility index (Phi) is 4.51. The third-order valence-corrected chi connectivity index (χ3v) is 3.45. The zero-order valence-corrected chi connectivity index (χ0v) is 13.3. The molecule has 3 rings (SSSR count). The van der Waals surface area contributed by atoms with Crippen molar-refractivity contribution in [1.29, 1.82) is 0 Å². The maximum absolute atomic E-state index is 14.0. The fourth-order valence-electron chi connectivity index (χ4n) is 2.20. The molecular weight excluding hydrogens is 347 g/mol. The summed E-state index contributed by atoms with van der Waals surface area (Å²) in [5.74, 6) is -1.39. The first-order valence-corrected chi connectivity index (χ1v) is 7.16. The first kappa shape index (κ1) is 17.0. The van der Waals surface area contributed by atoms with E-state index in [2.05, 4.69) is 20.8 Å². The van der Waals surface area contributed by atoms with Crippen LogP contribution < -0.4 is 10.1 Å². The summed E-state index contributed by atoms with van der Waals surface area (Å²) in [4.78, 5) is 22.7. The Morgan fingerprint density at radius 3 is 2.77 bits per heavy atom. The van der Waals surface area contributed by atoms with E-state index in [1.807, 2.05) is 0 Å². The highest BCUT2D eigenvalue weighted by Gasteiger charge is 2.19. The molecule has 0 aliphatic heterocycles. The van der Waals surface area contributed by atoms with E-state index < -0.39 is 16.6 Å². The van der Waals surface area contributed by atoms with Gasteiger partial charge in [0.15, 0.2) is 5.75 Å². The summed E-state index contributed by atoms with van der Waals surface area (Å²) >= 11 is 0. The summed E-state index contributed by atoms with van der Waals surface area (Å²) in [5.41, 5.74) is -0.0957. The van der Waals surface area contributed by atoms with Crippen LogP contribution in [0, 0.1) is 15.9 Å². The van der Waals surface area contributed by atoms with Crippen LogP contribution in [-0.4, -0.2) is 38.1 Å². The van der Waals surface area contributed by atoms with Crippen LogP contribution in [0.4, 0.5) is 15.8 Å². The number of hydrogen-bond acceptors (Lipinski definition) is 7. The number of tetrazole rings is 1. The highest BCUT2D eigenvalue weighted by Crippen LogP contribution is 2.28. The smallest absolute Gasteiger partial charge is 0.311 e. The van der Waals surface area contributed by atoms with E-state index >= 15 is 0 Å². The number of hydrogen-bond donors (Lipinski definition) is 1. The molecule has 0 fully saturated rings. The molecule has 0 aliphatic carbocycles. The number of nitro benzene ring substituents is 1. The molecule has 0 spiro atoms. The third kappa shape index (κ3) is 3.31. The van der Waals surface area contributed by atoms with Crippen LogP contribution in [0.1, 0.15) is 10.4 Å². The molecule has 132 valence electrons. The number of methoxy groups -OCH3 is 1. The number of nitro groups is 1. The van der Waals surface area contributed by atoms with Crippen molar-refractivity contribution in [2.24, 2.45) is 0 Å². The van der Waals surface area contributed by atoms with Gasteiger partial charge in [0.2, 0.25) is 0 Å². The lowest BCUT2D eigenvalue weighted by molar-refractivity contribution is -0.385. The Morgan fingerprint density at radius 1 is 1.31 bits per heavy atom. The van der Waals surface area contributed by atoms with Crippen molar-refractivity contribution in [1.82, 2.24) is 20.2 Å². The number of nitrogens with one attached hydrogen (secondary N) is 1. The summed E-state index contributed by atoms with van der Waals surface area (Å²) in [7, 11) is 1.28. The second-order valence-corrected chi connectivity index (χ2v) is 5.02. The van der Waals surface area contributed by atoms with Gasteiger partial charge in [0.1, 0.15) is 12.1 Å². The van der Waals surface area contributed by atoms with Crippen molar-refractivity contribution in [3.63, 3.8) is 0 Å². The molecule has 0 bridgehead atoms. The van der Waals surface area contributed by atoms with Crippen LogP contribution >= 0.6 is 0 Å². The molecule has 0 aliphatic rings. The maximum Gasteiger partial charge on any atom is 0.311 e. The van der Waals surface area contributed by atoms with Gasteiger partial charge in [0.25, 0.3) is 5.91 Å². The molecule has 0 saturated carbocycles. The molecular formula is C15H11FN6O4. The van der Waals surface area contributed by atoms with Crippen LogP contribution in [0.5, 0.6) is 5.75 Å². The number of amides is 1. The highest BCUT2D eigenvalue weighted by atomic mass is 19.1. The maximum atomic E-state index is 14.0. The van der Waals surface area contributed by atoms with Gasteiger partial charge < -0.3 is 10.1 Å². The lowest BCUT2D eigenvalue weighted by Gasteiger charge is -2.09. The topological polar surface area (TPSA) is 125 Å². The largest absolute Gasteiger partial charge is 0.490 e. The Balaban J connectivity index is 1.90. The quantitative estimate of drug-likeness (QED) is 0.546. The standard InChI is InChI=1S/C15H11FN6O4/c1-26-14-5-2-9(6-13(14)22(24)25)15(23)18-12-7-10(3-4-11(12)16)21-8-17-19-20-21/h2-8H,1H3,(H,18,23). The predicted molar refractivity (Wildman–Crippen MR) is 86.7 cm³/mol. The minimum Gasteiger partial charge on any atom is -0.490 e. The second kappa shape index (κ2) is 6.93. The molecule has 10 nitrogen and oxygen atoms in total. The molecule has 26 heavy (non-hydrogen) atoms. The first-order valence-electron chi connectivity index (χ1n) is 7.16. The van der Waals surface area contributed by atoms with Gasteiger partial charge in [0, 0.05) is 11.6 Å². The predicted octanol–water partition coefficient (Wildman–Crippen LogP) is 1.97. The van der Waals surface area contributed by atoms with Gasteiger partial charge in [-0.25, -0.2) is 9.07 Å². The molecule has 1 heterocycles. The van der Waals surface area contributed by atoms with Crippen LogP contribution in [-0.2, 0) is 0 Å². The Labute approximate surface area is 145 Å². The van der Waals surface area contributed by atoms with Gasteiger partial charge in [-0.3, -0.25) is 14.9 Å². The van der Waals surface area contributed by atoms with E-state index in [1.165, 1.54) is 42.4 Å². The summed E-state index contributed by atoms with van der Waals surface area (Å²) in [6.07, 6.45) is 1.31. The number of aromatic nitrogens is 4. The van der Waals surface area contributed by atoms with E-state index in [-0.39, 0.29) is 22.7 Å². The average molecular weight is 358 g/mol. The van der Waals surface area contributed by atoms with E-state index in [1.54, 1.807) is 0 Å². The number of benzene rings is 2. The summed E-state index contributed by atoms with van der Waals surface area (Å²) in [5, 5.41) is 24.1. The molecule has 1 N–H and O–H groups in total. The highest BCUT2D eigenvalue weighted by molar-refractivity contribution is 6.05. The van der Waals surface area contributed by atoms with Gasteiger partial charge in [-0.1, -0.05) is 0 Å². The number of halogens is 1. The molecule has 1 amide bonds. The van der Waals surface area contributed by atoms with Crippen LogP contribution in [0.3, 0.4) is 0 Å². The fraction of sp³-hybridized carbons (Fsp3) is 0.0667. The van der Waals surface area contributed by atoms with Crippen molar-refractivity contribution in [2.45, 2.75) is 0 Å². The van der Waals surface area contributed by atoms with E-state index in [4.69, 9.17) is 4.74 Å². The number of ether oxygens (including phenoxy) is 1. The van der Waals surface area contributed by atoms with E-state index in [0.29, 0.717) is 5.69 Å². The number of carbonyl (C=O) groups is 1. The number of anilines is 1. The van der Waals surface area contributed by atoms with Gasteiger partial charge >= 0.3 is 5.69 Å². The van der Waals surface area contributed by atoms with E-state index in [0.717, 1.165) is 12.1 Å². The normalized spacial score (nSPS) is 10.4. The van der Waals surface area contributed by atoms with Crippen molar-refractivity contribution in [3.05, 3.63) is 64.2 Å². The average Bonchev–Trinajstić information content (AvgIpc) is 3.17. The SMILES string of the molecule is COc1ccc(C(=O)Nc2cc(-n3cnnn3)ccc2F)cc1[N+](=O)[O-]. The van der Waals surface area contributed by atoms with Crippen molar-refractivity contribution in [2.75, 3.05) is 12.4 Å². The van der Waals surface area contributed by atoms with Crippen molar-refractivity contribution in [3.8, 4) is 11.4 Å². The summed E-state index contributed by atoms with van der Waals surface area (Å²) in [6, 6.07) is 7.59. The van der Waals surface area contributed by atoms with Crippen LogP contribution in [0.2, 0.25) is 0 Å². The summed E-state index contributed by atoms with van der Waals surface area (Å²) in [6.45, 7) is 0. The zero-order chi connectivity index (χ0) is 18.7. The summed E-state index contributed by atoms with van der Waals surface area (Å²) < 4.78 is 20.2. The minimum atomic E-state index is -0.719. The number of nitrogens with zero attached hydrogens (tertiary/aromatic N) is 5. The van der Waals surface area contributed by atoms with Crippen molar-refractivity contribution < 1.29 is 18.8 Å². The van der Waals surface area contributed by atoms with Gasteiger partial charge in [-0.05, 0) is 40.8 Å². The third-order valence-electron chi connectivity index (χ3n) is 3.45. The van der Waals surface area contributed by atoms with E-state index in [9.17, 15) is 19.3 Å². The molecule has 0 unspecified atom stereocenters. The Bertz CT molecular complexity index is 976. The monoisotopic (exact) mass is 358 g/mol. The fourth-order valence-corrected chi connectivity index (χ4v) is 2.20. The van der Waals surface area contributed by atoms with Crippen LogP contribution in [0.25, 0.3) is 5.69 Å².